The monoisotopic (exact) mass is 409 g/mol. The molecule has 4 rings (SSSR count). The van der Waals surface area contributed by atoms with Crippen molar-refractivity contribution >= 4 is 29.1 Å². The molecular weight excluding hydrogens is 385 g/mol. The van der Waals surface area contributed by atoms with Crippen molar-refractivity contribution in [2.75, 3.05) is 23.7 Å². The number of ketones is 1. The molecule has 2 aromatic carbocycles. The zero-order valence-corrected chi connectivity index (χ0v) is 16.6. The maximum absolute atomic E-state index is 13.8. The SMILES string of the molecule is O=C1CCCc2cc(NC(=O)C3CCCN(C(=O)Nc4ccccc4F)C3)ccc21. The molecule has 1 aliphatic carbocycles. The molecule has 2 aliphatic rings. The van der Waals surface area contributed by atoms with Crippen molar-refractivity contribution in [1.29, 1.82) is 0 Å². The molecule has 30 heavy (non-hydrogen) atoms. The molecular formula is C23H24FN3O3. The summed E-state index contributed by atoms with van der Waals surface area (Å²) >= 11 is 0. The van der Waals surface area contributed by atoms with Crippen LogP contribution in [0.15, 0.2) is 42.5 Å². The summed E-state index contributed by atoms with van der Waals surface area (Å²) in [4.78, 5) is 38.8. The van der Waals surface area contributed by atoms with Crippen LogP contribution in [0.4, 0.5) is 20.6 Å². The van der Waals surface area contributed by atoms with Crippen LogP contribution < -0.4 is 10.6 Å². The van der Waals surface area contributed by atoms with E-state index in [2.05, 4.69) is 10.6 Å². The summed E-state index contributed by atoms with van der Waals surface area (Å²) in [6, 6.07) is 11.0. The summed E-state index contributed by atoms with van der Waals surface area (Å²) in [6.07, 6.45) is 3.61. The fraction of sp³-hybridized carbons (Fsp3) is 0.348. The van der Waals surface area contributed by atoms with Gasteiger partial charge in [-0.3, -0.25) is 9.59 Å². The van der Waals surface area contributed by atoms with E-state index in [0.717, 1.165) is 24.0 Å². The van der Waals surface area contributed by atoms with Crippen LogP contribution in [0.5, 0.6) is 0 Å². The number of anilines is 2. The zero-order chi connectivity index (χ0) is 21.1. The second-order valence-electron chi connectivity index (χ2n) is 7.83. The Hall–Kier alpha value is -3.22. The Labute approximate surface area is 174 Å². The van der Waals surface area contributed by atoms with Gasteiger partial charge in [-0.15, -0.1) is 0 Å². The fourth-order valence-corrected chi connectivity index (χ4v) is 4.10. The molecule has 0 bridgehead atoms. The summed E-state index contributed by atoms with van der Waals surface area (Å²) in [5, 5.41) is 5.50. The number of carbonyl (C=O) groups excluding carboxylic acids is 3. The number of amides is 3. The Morgan fingerprint density at radius 2 is 1.87 bits per heavy atom. The predicted octanol–water partition coefficient (Wildman–Crippen LogP) is 4.23. The molecule has 0 radical (unpaired) electrons. The van der Waals surface area contributed by atoms with Crippen LogP contribution in [0.1, 0.15) is 41.6 Å². The van der Waals surface area contributed by atoms with Crippen LogP contribution >= 0.6 is 0 Å². The molecule has 1 saturated heterocycles. The molecule has 1 heterocycles. The standard InChI is InChI=1S/C23H24FN3O3/c24-19-7-1-2-8-20(19)26-23(30)27-12-4-6-16(14-27)22(29)25-17-10-11-18-15(13-17)5-3-9-21(18)28/h1-2,7-8,10-11,13,16H,3-6,9,12,14H2,(H,25,29)(H,26,30). The van der Waals surface area contributed by atoms with Gasteiger partial charge in [0.2, 0.25) is 5.91 Å². The van der Waals surface area contributed by atoms with Crippen molar-refractivity contribution in [3.63, 3.8) is 0 Å². The van der Waals surface area contributed by atoms with Gasteiger partial charge in [0, 0.05) is 30.8 Å². The minimum Gasteiger partial charge on any atom is -0.326 e. The van der Waals surface area contributed by atoms with Crippen LogP contribution in [0.3, 0.4) is 0 Å². The van der Waals surface area contributed by atoms with Crippen molar-refractivity contribution in [2.24, 2.45) is 5.92 Å². The topological polar surface area (TPSA) is 78.5 Å². The normalized spacial score (nSPS) is 18.5. The highest BCUT2D eigenvalue weighted by molar-refractivity contribution is 6.00. The number of para-hydroxylation sites is 1. The average Bonchev–Trinajstić information content (AvgIpc) is 2.75. The fourth-order valence-electron chi connectivity index (χ4n) is 4.10. The number of hydrogen-bond donors (Lipinski definition) is 2. The van der Waals surface area contributed by atoms with Gasteiger partial charge < -0.3 is 15.5 Å². The van der Waals surface area contributed by atoms with E-state index >= 15 is 0 Å². The molecule has 6 nitrogen and oxygen atoms in total. The minimum absolute atomic E-state index is 0.123. The number of urea groups is 1. The third-order valence-electron chi connectivity index (χ3n) is 5.72. The van der Waals surface area contributed by atoms with Gasteiger partial charge >= 0.3 is 6.03 Å². The Morgan fingerprint density at radius 3 is 2.70 bits per heavy atom. The maximum atomic E-state index is 13.8. The number of halogens is 1. The van der Waals surface area contributed by atoms with Gasteiger partial charge in [0.15, 0.2) is 5.78 Å². The smallest absolute Gasteiger partial charge is 0.321 e. The maximum Gasteiger partial charge on any atom is 0.321 e. The number of rotatable bonds is 3. The Morgan fingerprint density at radius 1 is 1.03 bits per heavy atom. The van der Waals surface area contributed by atoms with Gasteiger partial charge in [-0.25, -0.2) is 9.18 Å². The molecule has 2 N–H and O–H groups in total. The number of nitrogens with one attached hydrogen (secondary N) is 2. The number of fused-ring (bicyclic) bond motifs is 1. The number of likely N-dealkylation sites (tertiary alicyclic amines) is 1. The second-order valence-corrected chi connectivity index (χ2v) is 7.83. The van der Waals surface area contributed by atoms with Crippen molar-refractivity contribution in [1.82, 2.24) is 4.90 Å². The van der Waals surface area contributed by atoms with Gasteiger partial charge in [-0.2, -0.15) is 0 Å². The third kappa shape index (κ3) is 4.35. The number of benzene rings is 2. The summed E-state index contributed by atoms with van der Waals surface area (Å²) in [7, 11) is 0. The van der Waals surface area contributed by atoms with Crippen molar-refractivity contribution in [2.45, 2.75) is 32.1 Å². The van der Waals surface area contributed by atoms with E-state index in [4.69, 9.17) is 0 Å². The third-order valence-corrected chi connectivity index (χ3v) is 5.72. The van der Waals surface area contributed by atoms with Crippen LogP contribution in [0.25, 0.3) is 0 Å². The zero-order valence-electron chi connectivity index (χ0n) is 16.6. The number of Topliss-reactive ketones (excluding diaryl/α,β-unsaturated/α-hetero) is 1. The number of hydrogen-bond acceptors (Lipinski definition) is 3. The van der Waals surface area contributed by atoms with Crippen LogP contribution in [0.2, 0.25) is 0 Å². The van der Waals surface area contributed by atoms with E-state index in [9.17, 15) is 18.8 Å². The first-order valence-electron chi connectivity index (χ1n) is 10.3. The lowest BCUT2D eigenvalue weighted by atomic mass is 9.90. The molecule has 156 valence electrons. The molecule has 2 aromatic rings. The summed E-state index contributed by atoms with van der Waals surface area (Å²) < 4.78 is 13.8. The molecule has 1 fully saturated rings. The summed E-state index contributed by atoms with van der Waals surface area (Å²) in [5.41, 5.74) is 2.51. The van der Waals surface area contributed by atoms with Crippen molar-refractivity contribution in [3.8, 4) is 0 Å². The van der Waals surface area contributed by atoms with Gasteiger partial charge in [-0.05, 0) is 61.6 Å². The highest BCUT2D eigenvalue weighted by atomic mass is 19.1. The molecule has 1 atom stereocenters. The van der Waals surface area contributed by atoms with E-state index < -0.39 is 11.8 Å². The van der Waals surface area contributed by atoms with Gasteiger partial charge in [-0.1, -0.05) is 12.1 Å². The van der Waals surface area contributed by atoms with Gasteiger partial charge in [0.05, 0.1) is 11.6 Å². The predicted molar refractivity (Wildman–Crippen MR) is 112 cm³/mol. The molecule has 1 aliphatic heterocycles. The quantitative estimate of drug-likeness (QED) is 0.796. The van der Waals surface area contributed by atoms with E-state index in [-0.39, 0.29) is 29.8 Å². The van der Waals surface area contributed by atoms with Gasteiger partial charge in [0.25, 0.3) is 0 Å². The second kappa shape index (κ2) is 8.65. The first kappa shape index (κ1) is 20.1. The van der Waals surface area contributed by atoms with E-state index in [1.54, 1.807) is 29.2 Å². The first-order chi connectivity index (χ1) is 14.5. The number of aryl methyl sites for hydroxylation is 1. The molecule has 0 saturated carbocycles. The lowest BCUT2D eigenvalue weighted by molar-refractivity contribution is -0.121. The van der Waals surface area contributed by atoms with E-state index in [0.29, 0.717) is 31.5 Å². The summed E-state index contributed by atoms with van der Waals surface area (Å²) in [6.45, 7) is 0.792. The number of carbonyl (C=O) groups is 3. The molecule has 7 heteroatoms. The lowest BCUT2D eigenvalue weighted by Gasteiger charge is -2.32. The van der Waals surface area contributed by atoms with Crippen molar-refractivity contribution < 1.29 is 18.8 Å². The highest BCUT2D eigenvalue weighted by Gasteiger charge is 2.29. The van der Waals surface area contributed by atoms with Crippen LogP contribution in [0, 0.1) is 11.7 Å². The van der Waals surface area contributed by atoms with E-state index in [1.165, 1.54) is 12.1 Å². The van der Waals surface area contributed by atoms with Crippen LogP contribution in [-0.2, 0) is 11.2 Å². The Bertz CT molecular complexity index is 991. The molecule has 0 spiro atoms. The Balaban J connectivity index is 1.38. The summed E-state index contributed by atoms with van der Waals surface area (Å²) in [5.74, 6) is -0.843. The van der Waals surface area contributed by atoms with Crippen molar-refractivity contribution in [3.05, 3.63) is 59.4 Å². The van der Waals surface area contributed by atoms with Crippen LogP contribution in [-0.4, -0.2) is 35.7 Å². The first-order valence-corrected chi connectivity index (χ1v) is 10.3. The number of piperidine rings is 1. The minimum atomic E-state index is -0.497. The highest BCUT2D eigenvalue weighted by Crippen LogP contribution is 2.26. The molecule has 0 aromatic heterocycles. The Kier molecular flexibility index (Phi) is 5.79. The average molecular weight is 409 g/mol. The van der Waals surface area contributed by atoms with E-state index in [1.807, 2.05) is 6.07 Å². The number of nitrogens with zero attached hydrogens (tertiary/aromatic N) is 1. The molecule has 1 unspecified atom stereocenters. The largest absolute Gasteiger partial charge is 0.326 e. The molecule has 3 amide bonds. The van der Waals surface area contributed by atoms with Gasteiger partial charge in [0.1, 0.15) is 5.82 Å². The lowest BCUT2D eigenvalue weighted by Crippen LogP contribution is -2.45.